The number of rotatable bonds is 16. The second kappa shape index (κ2) is 15.6. The molecule has 0 aromatic rings. The Hall–Kier alpha value is -2.42. The van der Waals surface area contributed by atoms with Crippen molar-refractivity contribution in [3.8, 4) is 6.26 Å². The number of nitrogens with zero attached hydrogens (tertiary/aromatic N) is 1. The summed E-state index contributed by atoms with van der Waals surface area (Å²) >= 11 is 0. The fourth-order valence-electron chi connectivity index (χ4n) is 1.87. The summed E-state index contributed by atoms with van der Waals surface area (Å²) in [6.07, 6.45) is 1.64. The molecule has 0 saturated heterocycles. The molecule has 11 nitrogen and oxygen atoms in total. The summed E-state index contributed by atoms with van der Waals surface area (Å²) in [5, 5.41) is 8.97. The third-order valence-electron chi connectivity index (χ3n) is 3.44. The van der Waals surface area contributed by atoms with Crippen LogP contribution in [0.25, 0.3) is 0 Å². The van der Waals surface area contributed by atoms with Crippen molar-refractivity contribution in [1.82, 2.24) is 0 Å². The van der Waals surface area contributed by atoms with Gasteiger partial charge in [-0.2, -0.15) is 5.26 Å². The molecule has 0 aliphatic heterocycles. The zero-order valence-electron chi connectivity index (χ0n) is 16.4. The number of carbonyl (C=O) groups is 3. The Morgan fingerprint density at radius 1 is 0.786 bits per heavy atom. The summed E-state index contributed by atoms with van der Waals surface area (Å²) in [5.41, 5.74) is 0. The van der Waals surface area contributed by atoms with Crippen LogP contribution < -0.4 is 0 Å². The van der Waals surface area contributed by atoms with Crippen LogP contribution in [0.4, 0.5) is 0 Å². The highest BCUT2D eigenvalue weighted by atomic mass is 16.7. The molecule has 0 spiro atoms. The molecule has 28 heavy (non-hydrogen) atoms. The summed E-state index contributed by atoms with van der Waals surface area (Å²) < 4.78 is 34.9. The van der Waals surface area contributed by atoms with Gasteiger partial charge in [-0.3, -0.25) is 14.4 Å². The van der Waals surface area contributed by atoms with E-state index in [0.717, 1.165) is 0 Å². The summed E-state index contributed by atoms with van der Waals surface area (Å²) in [6, 6.07) is 0. The predicted octanol–water partition coefficient (Wildman–Crippen LogP) is 0.310. The van der Waals surface area contributed by atoms with Crippen molar-refractivity contribution >= 4 is 17.9 Å². The molecule has 0 amide bonds. The molecule has 0 aliphatic carbocycles. The lowest BCUT2D eigenvalue weighted by Crippen LogP contribution is -2.42. The van der Waals surface area contributed by atoms with Gasteiger partial charge in [-0.25, -0.2) is 0 Å². The van der Waals surface area contributed by atoms with Gasteiger partial charge in [0, 0.05) is 6.42 Å². The van der Waals surface area contributed by atoms with Crippen molar-refractivity contribution in [3.05, 3.63) is 0 Å². The number of esters is 3. The van der Waals surface area contributed by atoms with Crippen molar-refractivity contribution < 1.29 is 47.5 Å². The molecule has 11 heteroatoms. The van der Waals surface area contributed by atoms with Gasteiger partial charge in [0.2, 0.25) is 5.79 Å². The number of nitriles is 1. The highest BCUT2D eigenvalue weighted by molar-refractivity contribution is 5.69. The number of carbonyl (C=O) groups excluding carboxylic acids is 3. The fraction of sp³-hybridized carbons (Fsp3) is 0.765. The van der Waals surface area contributed by atoms with Gasteiger partial charge in [0.15, 0.2) is 0 Å². The van der Waals surface area contributed by atoms with Crippen LogP contribution in [0.2, 0.25) is 0 Å². The Kier molecular flexibility index (Phi) is 14.3. The molecule has 1 atom stereocenters. The lowest BCUT2D eigenvalue weighted by atomic mass is 10.2. The third-order valence-corrected chi connectivity index (χ3v) is 3.44. The Balaban J connectivity index is 4.70. The summed E-state index contributed by atoms with van der Waals surface area (Å²) in [4.78, 5) is 33.5. The Morgan fingerprint density at radius 3 is 1.79 bits per heavy atom. The monoisotopic (exact) mass is 405 g/mol. The maximum atomic E-state index is 11.3. The molecule has 0 heterocycles. The SMILES string of the molecule is COC(=O)CCOCCC(COCCC(=O)OC)(OC#N)OCCC(=O)OC. The average Bonchev–Trinajstić information content (AvgIpc) is 2.70. The second-order valence-corrected chi connectivity index (χ2v) is 5.35. The predicted molar refractivity (Wildman–Crippen MR) is 91.5 cm³/mol. The Labute approximate surface area is 163 Å². The van der Waals surface area contributed by atoms with Crippen molar-refractivity contribution in [2.45, 2.75) is 31.5 Å². The van der Waals surface area contributed by atoms with Gasteiger partial charge >= 0.3 is 17.9 Å². The molecular formula is C17H27NO10. The van der Waals surface area contributed by atoms with E-state index in [9.17, 15) is 14.4 Å². The minimum Gasteiger partial charge on any atom is -0.469 e. The molecule has 0 bridgehead atoms. The van der Waals surface area contributed by atoms with E-state index in [1.165, 1.54) is 21.3 Å². The molecule has 0 saturated carbocycles. The van der Waals surface area contributed by atoms with Crippen molar-refractivity contribution in [3.63, 3.8) is 0 Å². The van der Waals surface area contributed by atoms with Crippen LogP contribution in [0.15, 0.2) is 0 Å². The highest BCUT2D eigenvalue weighted by Crippen LogP contribution is 2.20. The van der Waals surface area contributed by atoms with Gasteiger partial charge in [0.1, 0.15) is 6.61 Å². The lowest BCUT2D eigenvalue weighted by molar-refractivity contribution is -0.239. The Bertz CT molecular complexity index is 519. The van der Waals surface area contributed by atoms with Gasteiger partial charge in [-0.15, -0.1) is 0 Å². The summed E-state index contributed by atoms with van der Waals surface area (Å²) in [5.74, 6) is -2.89. The minimum absolute atomic E-state index is 0.0108. The minimum atomic E-state index is -1.52. The number of methoxy groups -OCH3 is 3. The van der Waals surface area contributed by atoms with E-state index in [2.05, 4.69) is 14.2 Å². The molecule has 160 valence electrons. The zero-order chi connectivity index (χ0) is 21.3. The third kappa shape index (κ3) is 12.1. The van der Waals surface area contributed by atoms with Crippen LogP contribution in [0.5, 0.6) is 0 Å². The molecular weight excluding hydrogens is 378 g/mol. The highest BCUT2D eigenvalue weighted by Gasteiger charge is 2.34. The van der Waals surface area contributed by atoms with Gasteiger partial charge in [0.25, 0.3) is 6.26 Å². The van der Waals surface area contributed by atoms with Crippen LogP contribution in [-0.4, -0.2) is 78.1 Å². The lowest BCUT2D eigenvalue weighted by Gasteiger charge is -2.30. The first kappa shape index (κ1) is 25.6. The summed E-state index contributed by atoms with van der Waals surface area (Å²) in [7, 11) is 3.77. The normalized spacial score (nSPS) is 12.4. The van der Waals surface area contributed by atoms with Crippen LogP contribution >= 0.6 is 0 Å². The Morgan fingerprint density at radius 2 is 1.29 bits per heavy atom. The topological polar surface area (TPSA) is 140 Å². The quantitative estimate of drug-likeness (QED) is 0.115. The number of hydrogen-bond acceptors (Lipinski definition) is 11. The first-order chi connectivity index (χ1) is 13.4. The first-order valence-corrected chi connectivity index (χ1v) is 8.50. The number of hydrogen-bond donors (Lipinski definition) is 0. The van der Waals surface area contributed by atoms with Crippen LogP contribution in [0, 0.1) is 11.5 Å². The molecule has 0 rings (SSSR count). The van der Waals surface area contributed by atoms with E-state index in [4.69, 9.17) is 24.2 Å². The van der Waals surface area contributed by atoms with Gasteiger partial charge in [-0.1, -0.05) is 0 Å². The molecule has 0 aromatic carbocycles. The van der Waals surface area contributed by atoms with E-state index >= 15 is 0 Å². The van der Waals surface area contributed by atoms with E-state index in [1.807, 2.05) is 0 Å². The van der Waals surface area contributed by atoms with Crippen molar-refractivity contribution in [2.75, 3.05) is 54.4 Å². The standard InChI is InChI=1S/C17H27NO10/c1-22-14(19)4-8-25-11-7-17(28-13-18,27-10-6-16(21)24-3)12-26-9-5-15(20)23-2/h4-12H2,1-3H3. The van der Waals surface area contributed by atoms with Crippen LogP contribution in [0.3, 0.4) is 0 Å². The first-order valence-electron chi connectivity index (χ1n) is 8.50. The molecule has 1 unspecified atom stereocenters. The van der Waals surface area contributed by atoms with E-state index in [-0.39, 0.29) is 58.7 Å². The number of ether oxygens (including phenoxy) is 7. The largest absolute Gasteiger partial charge is 0.469 e. The second-order valence-electron chi connectivity index (χ2n) is 5.35. The molecule has 0 radical (unpaired) electrons. The molecule has 0 aliphatic rings. The maximum absolute atomic E-state index is 11.3. The van der Waals surface area contributed by atoms with Crippen molar-refractivity contribution in [2.24, 2.45) is 0 Å². The smallest absolute Gasteiger partial charge is 0.307 e. The van der Waals surface area contributed by atoms with Crippen LogP contribution in [-0.2, 0) is 47.5 Å². The molecule has 0 fully saturated rings. The van der Waals surface area contributed by atoms with Crippen molar-refractivity contribution in [1.29, 1.82) is 5.26 Å². The van der Waals surface area contributed by atoms with E-state index < -0.39 is 23.7 Å². The van der Waals surface area contributed by atoms with Crippen LogP contribution in [0.1, 0.15) is 25.7 Å². The average molecular weight is 405 g/mol. The van der Waals surface area contributed by atoms with Gasteiger partial charge in [-0.05, 0) is 0 Å². The molecule has 0 N–H and O–H groups in total. The van der Waals surface area contributed by atoms with Gasteiger partial charge in [0.05, 0.1) is 67.0 Å². The zero-order valence-corrected chi connectivity index (χ0v) is 16.4. The van der Waals surface area contributed by atoms with Gasteiger partial charge < -0.3 is 33.2 Å². The van der Waals surface area contributed by atoms with E-state index in [0.29, 0.717) is 0 Å². The maximum Gasteiger partial charge on any atom is 0.307 e. The molecule has 0 aromatic heterocycles. The fourth-order valence-corrected chi connectivity index (χ4v) is 1.87. The summed E-state index contributed by atoms with van der Waals surface area (Å²) in [6.45, 7) is -0.0688. The van der Waals surface area contributed by atoms with E-state index in [1.54, 1.807) is 6.26 Å².